The van der Waals surface area contributed by atoms with Crippen molar-refractivity contribution in [1.29, 1.82) is 0 Å². The fourth-order valence-corrected chi connectivity index (χ4v) is 2.48. The minimum atomic E-state index is 0.131. The van der Waals surface area contributed by atoms with Crippen LogP contribution in [0.2, 0.25) is 0 Å². The van der Waals surface area contributed by atoms with Gasteiger partial charge in [-0.25, -0.2) is 0 Å². The molecule has 1 heterocycles. The van der Waals surface area contributed by atoms with E-state index in [1.54, 1.807) is 0 Å². The Balaban J connectivity index is 2.21. The van der Waals surface area contributed by atoms with Gasteiger partial charge in [0.2, 0.25) is 0 Å². The van der Waals surface area contributed by atoms with Gasteiger partial charge in [-0.1, -0.05) is 13.0 Å². The van der Waals surface area contributed by atoms with Gasteiger partial charge in [-0.15, -0.1) is 0 Å². The van der Waals surface area contributed by atoms with Crippen molar-refractivity contribution in [2.75, 3.05) is 18.8 Å². The standard InChI is InChI=1S/C15H22N2O/c1-10-4-6-17(7-5-10)15(18)13-9-14(16)12(3)8-11(13)2/h8-10H,4-7,16H2,1-3H3. The number of nitrogens with two attached hydrogens (primary N) is 1. The average Bonchev–Trinajstić information content (AvgIpc) is 2.34. The van der Waals surface area contributed by atoms with Gasteiger partial charge in [0.1, 0.15) is 0 Å². The molecule has 2 rings (SSSR count). The molecule has 0 aromatic heterocycles. The molecule has 0 aliphatic carbocycles. The first-order valence-electron chi connectivity index (χ1n) is 6.65. The molecule has 1 amide bonds. The smallest absolute Gasteiger partial charge is 0.254 e. The zero-order valence-electron chi connectivity index (χ0n) is 11.5. The number of piperidine rings is 1. The van der Waals surface area contributed by atoms with Gasteiger partial charge in [0.05, 0.1) is 0 Å². The van der Waals surface area contributed by atoms with Crippen molar-refractivity contribution in [3.8, 4) is 0 Å². The molecular formula is C15H22N2O. The van der Waals surface area contributed by atoms with Crippen LogP contribution in [0.5, 0.6) is 0 Å². The highest BCUT2D eigenvalue weighted by molar-refractivity contribution is 5.96. The summed E-state index contributed by atoms with van der Waals surface area (Å²) in [4.78, 5) is 14.4. The molecule has 0 atom stereocenters. The highest BCUT2D eigenvalue weighted by Crippen LogP contribution is 2.22. The van der Waals surface area contributed by atoms with Crippen LogP contribution in [-0.2, 0) is 0 Å². The van der Waals surface area contributed by atoms with E-state index in [-0.39, 0.29) is 5.91 Å². The highest BCUT2D eigenvalue weighted by Gasteiger charge is 2.22. The summed E-state index contributed by atoms with van der Waals surface area (Å²) in [5.41, 5.74) is 9.43. The van der Waals surface area contributed by atoms with Gasteiger partial charge >= 0.3 is 0 Å². The Morgan fingerprint density at radius 2 is 1.83 bits per heavy atom. The van der Waals surface area contributed by atoms with E-state index in [1.165, 1.54) is 0 Å². The molecule has 2 N–H and O–H groups in total. The van der Waals surface area contributed by atoms with Crippen LogP contribution in [0.1, 0.15) is 41.3 Å². The number of hydrogen-bond donors (Lipinski definition) is 1. The van der Waals surface area contributed by atoms with Crippen molar-refractivity contribution in [2.45, 2.75) is 33.6 Å². The monoisotopic (exact) mass is 246 g/mol. The van der Waals surface area contributed by atoms with Crippen LogP contribution in [0.3, 0.4) is 0 Å². The molecule has 3 nitrogen and oxygen atoms in total. The summed E-state index contributed by atoms with van der Waals surface area (Å²) in [6.07, 6.45) is 2.21. The number of amides is 1. The van der Waals surface area contributed by atoms with E-state index >= 15 is 0 Å². The molecule has 1 aliphatic heterocycles. The van der Waals surface area contributed by atoms with Crippen molar-refractivity contribution in [3.63, 3.8) is 0 Å². The molecule has 1 fully saturated rings. The van der Waals surface area contributed by atoms with Crippen molar-refractivity contribution in [1.82, 2.24) is 4.90 Å². The van der Waals surface area contributed by atoms with Gasteiger partial charge < -0.3 is 10.6 Å². The molecule has 1 aromatic carbocycles. The quantitative estimate of drug-likeness (QED) is 0.774. The summed E-state index contributed by atoms with van der Waals surface area (Å²) in [5, 5.41) is 0. The van der Waals surface area contributed by atoms with Crippen LogP contribution >= 0.6 is 0 Å². The number of benzene rings is 1. The van der Waals surface area contributed by atoms with Crippen LogP contribution in [0.4, 0.5) is 5.69 Å². The fraction of sp³-hybridized carbons (Fsp3) is 0.533. The fourth-order valence-electron chi connectivity index (χ4n) is 2.48. The highest BCUT2D eigenvalue weighted by atomic mass is 16.2. The average molecular weight is 246 g/mol. The Labute approximate surface area is 109 Å². The number of anilines is 1. The number of likely N-dealkylation sites (tertiary alicyclic amines) is 1. The van der Waals surface area contributed by atoms with Crippen LogP contribution in [-0.4, -0.2) is 23.9 Å². The van der Waals surface area contributed by atoms with E-state index in [0.29, 0.717) is 5.69 Å². The molecule has 0 saturated carbocycles. The number of nitrogen functional groups attached to an aromatic ring is 1. The normalized spacial score (nSPS) is 16.9. The Morgan fingerprint density at radius 1 is 1.22 bits per heavy atom. The first-order valence-corrected chi connectivity index (χ1v) is 6.65. The van der Waals surface area contributed by atoms with Crippen LogP contribution in [0.15, 0.2) is 12.1 Å². The van der Waals surface area contributed by atoms with Crippen LogP contribution in [0.25, 0.3) is 0 Å². The third-order valence-electron chi connectivity index (χ3n) is 3.91. The number of carbonyl (C=O) groups is 1. The summed E-state index contributed by atoms with van der Waals surface area (Å²) in [7, 11) is 0. The van der Waals surface area contributed by atoms with E-state index < -0.39 is 0 Å². The molecule has 18 heavy (non-hydrogen) atoms. The molecule has 98 valence electrons. The lowest BCUT2D eigenvalue weighted by Crippen LogP contribution is -2.38. The number of carbonyl (C=O) groups excluding carboxylic acids is 1. The first kappa shape index (κ1) is 12.9. The number of hydrogen-bond acceptors (Lipinski definition) is 2. The molecular weight excluding hydrogens is 224 g/mol. The van der Waals surface area contributed by atoms with E-state index in [0.717, 1.165) is 48.5 Å². The molecule has 1 aliphatic rings. The molecule has 3 heteroatoms. The summed E-state index contributed by atoms with van der Waals surface area (Å²) >= 11 is 0. The van der Waals surface area contributed by atoms with Gasteiger partial charge in [-0.3, -0.25) is 4.79 Å². The number of rotatable bonds is 1. The number of aryl methyl sites for hydroxylation is 2. The molecule has 0 spiro atoms. The second-order valence-corrected chi connectivity index (χ2v) is 5.50. The third kappa shape index (κ3) is 2.50. The number of nitrogens with zero attached hydrogens (tertiary/aromatic N) is 1. The third-order valence-corrected chi connectivity index (χ3v) is 3.91. The van der Waals surface area contributed by atoms with Gasteiger partial charge in [-0.05, 0) is 49.8 Å². The van der Waals surface area contributed by atoms with E-state index in [2.05, 4.69) is 6.92 Å². The zero-order valence-corrected chi connectivity index (χ0v) is 11.5. The summed E-state index contributed by atoms with van der Waals surface area (Å²) in [6, 6.07) is 3.82. The maximum Gasteiger partial charge on any atom is 0.254 e. The predicted molar refractivity (Wildman–Crippen MR) is 74.6 cm³/mol. The van der Waals surface area contributed by atoms with Crippen LogP contribution in [0, 0.1) is 19.8 Å². The summed E-state index contributed by atoms with van der Waals surface area (Å²) in [6.45, 7) is 7.93. The van der Waals surface area contributed by atoms with Gasteiger partial charge in [0, 0.05) is 24.3 Å². The summed E-state index contributed by atoms with van der Waals surface area (Å²) in [5.74, 6) is 0.865. The molecule has 0 bridgehead atoms. The zero-order chi connectivity index (χ0) is 13.3. The van der Waals surface area contributed by atoms with Crippen molar-refractivity contribution < 1.29 is 4.79 Å². The lowest BCUT2D eigenvalue weighted by Gasteiger charge is -2.30. The van der Waals surface area contributed by atoms with E-state index in [9.17, 15) is 4.79 Å². The van der Waals surface area contributed by atoms with E-state index in [1.807, 2.05) is 30.9 Å². The second-order valence-electron chi connectivity index (χ2n) is 5.50. The first-order chi connectivity index (χ1) is 8.49. The topological polar surface area (TPSA) is 46.3 Å². The lowest BCUT2D eigenvalue weighted by atomic mass is 9.97. The largest absolute Gasteiger partial charge is 0.398 e. The lowest BCUT2D eigenvalue weighted by molar-refractivity contribution is 0.0696. The van der Waals surface area contributed by atoms with Crippen LogP contribution < -0.4 is 5.73 Å². The molecule has 1 saturated heterocycles. The van der Waals surface area contributed by atoms with Gasteiger partial charge in [0.25, 0.3) is 5.91 Å². The van der Waals surface area contributed by atoms with Crippen molar-refractivity contribution in [2.24, 2.45) is 5.92 Å². The minimum absolute atomic E-state index is 0.131. The maximum absolute atomic E-state index is 12.5. The van der Waals surface area contributed by atoms with Gasteiger partial charge in [-0.2, -0.15) is 0 Å². The van der Waals surface area contributed by atoms with Crippen molar-refractivity contribution in [3.05, 3.63) is 28.8 Å². The van der Waals surface area contributed by atoms with E-state index in [4.69, 9.17) is 5.73 Å². The molecule has 1 aromatic rings. The molecule has 0 unspecified atom stereocenters. The Hall–Kier alpha value is -1.51. The SMILES string of the molecule is Cc1cc(C)c(C(=O)N2CCC(C)CC2)cc1N. The predicted octanol–water partition coefficient (Wildman–Crippen LogP) is 2.76. The Morgan fingerprint density at radius 3 is 2.44 bits per heavy atom. The van der Waals surface area contributed by atoms with Crippen molar-refractivity contribution >= 4 is 11.6 Å². The Kier molecular flexibility index (Phi) is 3.60. The minimum Gasteiger partial charge on any atom is -0.398 e. The second kappa shape index (κ2) is 5.01. The summed E-state index contributed by atoms with van der Waals surface area (Å²) < 4.78 is 0. The Bertz CT molecular complexity index is 460. The molecule has 0 radical (unpaired) electrons. The maximum atomic E-state index is 12.5. The van der Waals surface area contributed by atoms with Gasteiger partial charge in [0.15, 0.2) is 0 Å².